The first-order chi connectivity index (χ1) is 16.8. The van der Waals surface area contributed by atoms with Crippen LogP contribution in [0.4, 0.5) is 18.9 Å². The normalized spacial score (nSPS) is 11.7. The molecule has 0 fully saturated rings. The zero-order chi connectivity index (χ0) is 25.0. The van der Waals surface area contributed by atoms with Gasteiger partial charge in [0.25, 0.3) is 0 Å². The van der Waals surface area contributed by atoms with Crippen molar-refractivity contribution in [1.82, 2.24) is 10.3 Å². The minimum absolute atomic E-state index is 0.268. The van der Waals surface area contributed by atoms with E-state index in [0.29, 0.717) is 29.4 Å². The monoisotopic (exact) mass is 503 g/mol. The van der Waals surface area contributed by atoms with E-state index >= 15 is 0 Å². The number of rotatable bonds is 9. The number of hydrogen-bond donors (Lipinski definition) is 2. The molecule has 184 valence electrons. The van der Waals surface area contributed by atoms with Crippen LogP contribution in [0.3, 0.4) is 0 Å². The molecule has 1 heterocycles. The predicted molar refractivity (Wildman–Crippen MR) is 134 cm³/mol. The molecule has 0 spiro atoms. The molecule has 0 aliphatic carbocycles. The molecule has 5 nitrogen and oxygen atoms in total. The van der Waals surface area contributed by atoms with Crippen LogP contribution in [-0.2, 0) is 12.7 Å². The standard InChI is InChI=1S/C26H25ClF3N3O2/c1-34-19-6-8-22-21(14-19)25(20-7-5-18(27)13-23(20)33-22)32-11-3-10-31-15-16-12-17(26(28,29)30)4-9-24(16)35-2/h4-9,12-14,31H,3,10-11,15H2,1-2H3,(H,32,33). The summed E-state index contributed by atoms with van der Waals surface area (Å²) in [5.41, 5.74) is 2.31. The van der Waals surface area contributed by atoms with Crippen molar-refractivity contribution in [2.45, 2.75) is 19.1 Å². The smallest absolute Gasteiger partial charge is 0.416 e. The van der Waals surface area contributed by atoms with Crippen LogP contribution in [0.2, 0.25) is 5.02 Å². The van der Waals surface area contributed by atoms with Gasteiger partial charge < -0.3 is 20.1 Å². The highest BCUT2D eigenvalue weighted by Gasteiger charge is 2.31. The predicted octanol–water partition coefficient (Wildman–Crippen LogP) is 6.67. The molecule has 0 atom stereocenters. The summed E-state index contributed by atoms with van der Waals surface area (Å²) < 4.78 is 49.8. The fraction of sp³-hybridized carbons (Fsp3) is 0.269. The zero-order valence-electron chi connectivity index (χ0n) is 19.3. The third-order valence-electron chi connectivity index (χ3n) is 5.70. The molecule has 1 aromatic heterocycles. The van der Waals surface area contributed by atoms with Gasteiger partial charge in [-0.2, -0.15) is 13.2 Å². The number of aromatic nitrogens is 1. The summed E-state index contributed by atoms with van der Waals surface area (Å²) in [6, 6.07) is 14.8. The average Bonchev–Trinajstić information content (AvgIpc) is 2.84. The summed E-state index contributed by atoms with van der Waals surface area (Å²) in [6.45, 7) is 1.51. The van der Waals surface area contributed by atoms with Crippen LogP contribution >= 0.6 is 11.6 Å². The van der Waals surface area contributed by atoms with Gasteiger partial charge in [0.15, 0.2) is 0 Å². The molecule has 4 rings (SSSR count). The maximum Gasteiger partial charge on any atom is 0.416 e. The lowest BCUT2D eigenvalue weighted by Crippen LogP contribution is -2.19. The topological polar surface area (TPSA) is 55.4 Å². The van der Waals surface area contributed by atoms with E-state index in [-0.39, 0.29) is 6.54 Å². The van der Waals surface area contributed by atoms with E-state index in [2.05, 4.69) is 10.6 Å². The fourth-order valence-electron chi connectivity index (χ4n) is 3.96. The Bertz CT molecular complexity index is 1350. The molecule has 0 bridgehead atoms. The van der Waals surface area contributed by atoms with Crippen molar-refractivity contribution >= 4 is 39.1 Å². The van der Waals surface area contributed by atoms with Crippen molar-refractivity contribution in [2.24, 2.45) is 0 Å². The molecule has 35 heavy (non-hydrogen) atoms. The van der Waals surface area contributed by atoms with Crippen LogP contribution in [0.15, 0.2) is 54.6 Å². The summed E-state index contributed by atoms with van der Waals surface area (Å²) in [7, 11) is 3.06. The highest BCUT2D eigenvalue weighted by atomic mass is 35.5. The van der Waals surface area contributed by atoms with E-state index in [9.17, 15) is 13.2 Å². The highest BCUT2D eigenvalue weighted by Crippen LogP contribution is 2.34. The number of nitrogens with one attached hydrogen (secondary N) is 2. The maximum absolute atomic E-state index is 13.1. The fourth-order valence-corrected chi connectivity index (χ4v) is 4.12. The summed E-state index contributed by atoms with van der Waals surface area (Å²) >= 11 is 6.18. The van der Waals surface area contributed by atoms with E-state index in [4.69, 9.17) is 26.1 Å². The zero-order valence-corrected chi connectivity index (χ0v) is 20.1. The number of hydrogen-bond acceptors (Lipinski definition) is 5. The first-order valence-corrected chi connectivity index (χ1v) is 11.4. The number of alkyl halides is 3. The van der Waals surface area contributed by atoms with Gasteiger partial charge in [0.1, 0.15) is 11.5 Å². The summed E-state index contributed by atoms with van der Waals surface area (Å²) in [6.07, 6.45) is -3.65. The molecule has 0 aliphatic heterocycles. The number of halogens is 4. The minimum Gasteiger partial charge on any atom is -0.497 e. The number of methoxy groups -OCH3 is 2. The number of benzene rings is 3. The highest BCUT2D eigenvalue weighted by molar-refractivity contribution is 6.31. The van der Waals surface area contributed by atoms with Crippen molar-refractivity contribution in [3.63, 3.8) is 0 Å². The van der Waals surface area contributed by atoms with Crippen LogP contribution in [0, 0.1) is 0 Å². The molecule has 0 saturated heterocycles. The summed E-state index contributed by atoms with van der Waals surface area (Å²) in [5.74, 6) is 1.15. The number of anilines is 1. The molecule has 0 aliphatic rings. The van der Waals surface area contributed by atoms with Crippen molar-refractivity contribution in [3.8, 4) is 11.5 Å². The van der Waals surface area contributed by atoms with Crippen LogP contribution < -0.4 is 20.1 Å². The summed E-state index contributed by atoms with van der Waals surface area (Å²) in [5, 5.41) is 9.19. The second kappa shape index (κ2) is 10.6. The minimum atomic E-state index is -4.39. The van der Waals surface area contributed by atoms with Gasteiger partial charge in [-0.15, -0.1) is 0 Å². The van der Waals surface area contributed by atoms with Crippen LogP contribution in [-0.4, -0.2) is 32.3 Å². The van der Waals surface area contributed by atoms with Gasteiger partial charge in [-0.3, -0.25) is 0 Å². The number of fused-ring (bicyclic) bond motifs is 2. The molecule has 2 N–H and O–H groups in total. The van der Waals surface area contributed by atoms with Gasteiger partial charge in [0, 0.05) is 34.4 Å². The Labute approximate surface area is 206 Å². The third kappa shape index (κ3) is 5.71. The van der Waals surface area contributed by atoms with Gasteiger partial charge in [0.05, 0.1) is 36.5 Å². The quantitative estimate of drug-likeness (QED) is 0.197. The van der Waals surface area contributed by atoms with Crippen molar-refractivity contribution in [1.29, 1.82) is 0 Å². The number of pyridine rings is 1. The van der Waals surface area contributed by atoms with Crippen molar-refractivity contribution in [2.75, 3.05) is 32.6 Å². The Hall–Kier alpha value is -3.23. The summed E-state index contributed by atoms with van der Waals surface area (Å²) in [4.78, 5) is 4.72. The number of nitrogens with zero attached hydrogens (tertiary/aromatic N) is 1. The van der Waals surface area contributed by atoms with Gasteiger partial charge in [-0.25, -0.2) is 4.98 Å². The van der Waals surface area contributed by atoms with Gasteiger partial charge >= 0.3 is 6.18 Å². The second-order valence-electron chi connectivity index (χ2n) is 8.01. The average molecular weight is 504 g/mol. The molecule has 3 aromatic carbocycles. The first kappa shape index (κ1) is 24.9. The van der Waals surface area contributed by atoms with Crippen molar-refractivity contribution in [3.05, 3.63) is 70.7 Å². The Kier molecular flexibility index (Phi) is 7.52. The number of ether oxygens (including phenoxy) is 2. The van der Waals surface area contributed by atoms with E-state index in [1.54, 1.807) is 7.11 Å². The molecular formula is C26H25ClF3N3O2. The SMILES string of the molecule is COc1ccc2nc3cc(Cl)ccc3c(NCCCNCc3cc(C(F)(F)F)ccc3OC)c2c1. The van der Waals surface area contributed by atoms with Gasteiger partial charge in [-0.05, 0) is 67.6 Å². The van der Waals surface area contributed by atoms with Gasteiger partial charge in [-0.1, -0.05) is 11.6 Å². The van der Waals surface area contributed by atoms with E-state index in [0.717, 1.165) is 51.8 Å². The largest absolute Gasteiger partial charge is 0.497 e. The lowest BCUT2D eigenvalue weighted by molar-refractivity contribution is -0.137. The second-order valence-corrected chi connectivity index (χ2v) is 8.45. The van der Waals surface area contributed by atoms with Crippen LogP contribution in [0.25, 0.3) is 21.8 Å². The van der Waals surface area contributed by atoms with E-state index < -0.39 is 11.7 Å². The van der Waals surface area contributed by atoms with Crippen LogP contribution in [0.1, 0.15) is 17.5 Å². The first-order valence-electron chi connectivity index (χ1n) is 11.1. The Morgan fingerprint density at radius 3 is 2.46 bits per heavy atom. The van der Waals surface area contributed by atoms with Gasteiger partial charge in [0.2, 0.25) is 0 Å². The van der Waals surface area contributed by atoms with Crippen molar-refractivity contribution < 1.29 is 22.6 Å². The lowest BCUT2D eigenvalue weighted by Gasteiger charge is -2.15. The molecule has 9 heteroatoms. The maximum atomic E-state index is 13.1. The molecular weight excluding hydrogens is 479 g/mol. The lowest BCUT2D eigenvalue weighted by atomic mass is 10.1. The Morgan fingerprint density at radius 2 is 1.71 bits per heavy atom. The Balaban J connectivity index is 1.44. The Morgan fingerprint density at radius 1 is 0.886 bits per heavy atom. The molecule has 0 unspecified atom stereocenters. The van der Waals surface area contributed by atoms with E-state index in [1.165, 1.54) is 13.2 Å². The van der Waals surface area contributed by atoms with E-state index in [1.807, 2.05) is 36.4 Å². The molecule has 0 saturated carbocycles. The third-order valence-corrected chi connectivity index (χ3v) is 5.93. The molecule has 0 radical (unpaired) electrons. The molecule has 4 aromatic rings. The van der Waals surface area contributed by atoms with Crippen LogP contribution in [0.5, 0.6) is 11.5 Å². The molecule has 0 amide bonds.